The summed E-state index contributed by atoms with van der Waals surface area (Å²) in [5.41, 5.74) is 0. The van der Waals surface area contributed by atoms with E-state index >= 15 is 0 Å². The van der Waals surface area contributed by atoms with Crippen LogP contribution in [0.2, 0.25) is 0 Å². The summed E-state index contributed by atoms with van der Waals surface area (Å²) >= 11 is 0. The molecule has 74 valence electrons. The Bertz CT molecular complexity index is 204. The van der Waals surface area contributed by atoms with E-state index in [0.29, 0.717) is 6.04 Å². The average Bonchev–Trinajstić information content (AvgIpc) is 2.49. The third-order valence-corrected chi connectivity index (χ3v) is 3.00. The maximum absolute atomic E-state index is 11.4. The van der Waals surface area contributed by atoms with E-state index in [1.807, 2.05) is 0 Å². The molecule has 2 aliphatic rings. The summed E-state index contributed by atoms with van der Waals surface area (Å²) in [6.45, 7) is 3.09. The number of hydrogen-bond acceptors (Lipinski definition) is 4. The van der Waals surface area contributed by atoms with Crippen LogP contribution in [-0.4, -0.2) is 49.7 Å². The van der Waals surface area contributed by atoms with Crippen LogP contribution in [0.25, 0.3) is 0 Å². The predicted molar refractivity (Wildman–Crippen MR) is 48.4 cm³/mol. The molecule has 1 N–H and O–H groups in total. The van der Waals surface area contributed by atoms with E-state index in [1.165, 1.54) is 7.11 Å². The van der Waals surface area contributed by atoms with E-state index in [0.717, 1.165) is 32.5 Å². The zero-order chi connectivity index (χ0) is 9.26. The van der Waals surface area contributed by atoms with Crippen LogP contribution in [0.1, 0.15) is 12.8 Å². The first-order chi connectivity index (χ1) is 6.33. The second kappa shape index (κ2) is 3.64. The van der Waals surface area contributed by atoms with Gasteiger partial charge in [-0.15, -0.1) is 0 Å². The van der Waals surface area contributed by atoms with Gasteiger partial charge in [0.05, 0.1) is 7.11 Å². The normalized spacial score (nSPS) is 30.1. The minimum absolute atomic E-state index is 0.0251. The van der Waals surface area contributed by atoms with Gasteiger partial charge in [0.2, 0.25) is 0 Å². The second-order valence-electron chi connectivity index (χ2n) is 3.73. The van der Waals surface area contributed by atoms with Gasteiger partial charge < -0.3 is 10.1 Å². The number of nitrogens with zero attached hydrogens (tertiary/aromatic N) is 1. The Balaban J connectivity index is 1.96. The van der Waals surface area contributed by atoms with Crippen molar-refractivity contribution < 1.29 is 9.53 Å². The zero-order valence-corrected chi connectivity index (χ0v) is 7.95. The van der Waals surface area contributed by atoms with Crippen molar-refractivity contribution in [3.63, 3.8) is 0 Å². The number of ether oxygens (including phenoxy) is 1. The number of rotatable bonds is 2. The molecule has 0 saturated carbocycles. The molecular formula is C9H16N2O2. The van der Waals surface area contributed by atoms with Gasteiger partial charge in [-0.2, -0.15) is 0 Å². The molecular weight excluding hydrogens is 168 g/mol. The van der Waals surface area contributed by atoms with Crippen LogP contribution in [0.4, 0.5) is 0 Å². The van der Waals surface area contributed by atoms with Gasteiger partial charge in [0.25, 0.3) is 0 Å². The smallest absolute Gasteiger partial charge is 0.323 e. The van der Waals surface area contributed by atoms with Gasteiger partial charge in [-0.25, -0.2) is 0 Å². The molecule has 0 aromatic carbocycles. The highest BCUT2D eigenvalue weighted by atomic mass is 16.5. The first-order valence-corrected chi connectivity index (χ1v) is 4.87. The largest absolute Gasteiger partial charge is 0.468 e. The SMILES string of the molecule is COC(=O)[C@H]1CCCN1C1CNC1. The molecule has 0 radical (unpaired) electrons. The molecule has 2 rings (SSSR count). The van der Waals surface area contributed by atoms with Crippen LogP contribution < -0.4 is 5.32 Å². The van der Waals surface area contributed by atoms with Gasteiger partial charge in [0.15, 0.2) is 0 Å². The molecule has 2 fully saturated rings. The topological polar surface area (TPSA) is 41.6 Å². The molecule has 0 unspecified atom stereocenters. The van der Waals surface area contributed by atoms with Crippen molar-refractivity contribution in [2.45, 2.75) is 24.9 Å². The van der Waals surface area contributed by atoms with E-state index in [9.17, 15) is 4.79 Å². The minimum Gasteiger partial charge on any atom is -0.468 e. The van der Waals surface area contributed by atoms with Crippen LogP contribution in [-0.2, 0) is 9.53 Å². The Morgan fingerprint density at radius 1 is 1.54 bits per heavy atom. The van der Waals surface area contributed by atoms with Crippen LogP contribution >= 0.6 is 0 Å². The predicted octanol–water partition coefficient (Wildman–Crippen LogP) is -0.404. The highest BCUT2D eigenvalue weighted by molar-refractivity contribution is 5.76. The van der Waals surface area contributed by atoms with Crippen LogP contribution in [0.3, 0.4) is 0 Å². The lowest BCUT2D eigenvalue weighted by Crippen LogP contribution is -2.59. The van der Waals surface area contributed by atoms with Gasteiger partial charge in [-0.3, -0.25) is 9.69 Å². The molecule has 0 bridgehead atoms. The highest BCUT2D eigenvalue weighted by Gasteiger charge is 2.37. The molecule has 13 heavy (non-hydrogen) atoms. The summed E-state index contributed by atoms with van der Waals surface area (Å²) in [6, 6.07) is 0.587. The van der Waals surface area contributed by atoms with Gasteiger partial charge in [-0.05, 0) is 19.4 Å². The van der Waals surface area contributed by atoms with Gasteiger partial charge in [0, 0.05) is 19.1 Å². The number of carbonyl (C=O) groups excluding carboxylic acids is 1. The monoisotopic (exact) mass is 184 g/mol. The maximum Gasteiger partial charge on any atom is 0.323 e. The number of likely N-dealkylation sites (tertiary alicyclic amines) is 1. The number of carbonyl (C=O) groups is 1. The Kier molecular flexibility index (Phi) is 2.51. The molecule has 4 nitrogen and oxygen atoms in total. The lowest BCUT2D eigenvalue weighted by Gasteiger charge is -2.38. The first kappa shape index (κ1) is 8.97. The van der Waals surface area contributed by atoms with Crippen LogP contribution in [0.15, 0.2) is 0 Å². The lowest BCUT2D eigenvalue weighted by atomic mass is 10.1. The molecule has 0 amide bonds. The molecule has 0 aromatic heterocycles. The molecule has 2 aliphatic heterocycles. The summed E-state index contributed by atoms with van der Waals surface area (Å²) in [7, 11) is 1.47. The van der Waals surface area contributed by atoms with Crippen molar-refractivity contribution in [2.75, 3.05) is 26.7 Å². The number of esters is 1. The lowest BCUT2D eigenvalue weighted by molar-refractivity contribution is -0.147. The first-order valence-electron chi connectivity index (χ1n) is 4.87. The van der Waals surface area contributed by atoms with Crippen LogP contribution in [0, 0.1) is 0 Å². The third-order valence-electron chi connectivity index (χ3n) is 3.00. The fourth-order valence-electron chi connectivity index (χ4n) is 2.12. The molecule has 0 aliphatic carbocycles. The second-order valence-corrected chi connectivity index (χ2v) is 3.73. The Hall–Kier alpha value is -0.610. The quantitative estimate of drug-likeness (QED) is 0.593. The van der Waals surface area contributed by atoms with Crippen molar-refractivity contribution >= 4 is 5.97 Å². The average molecular weight is 184 g/mol. The molecule has 2 heterocycles. The standard InChI is InChI=1S/C9H16N2O2/c1-13-9(12)8-3-2-4-11(8)7-5-10-6-7/h7-8,10H,2-6H2,1H3/t8-/m1/s1. The van der Waals surface area contributed by atoms with Crippen molar-refractivity contribution in [3.8, 4) is 0 Å². The summed E-state index contributed by atoms with van der Waals surface area (Å²) in [5.74, 6) is -0.0654. The molecule has 2 saturated heterocycles. The Labute approximate surface area is 78.2 Å². The summed E-state index contributed by atoms with van der Waals surface area (Å²) < 4.78 is 4.78. The number of nitrogens with one attached hydrogen (secondary N) is 1. The zero-order valence-electron chi connectivity index (χ0n) is 7.95. The van der Waals surface area contributed by atoms with Crippen molar-refractivity contribution in [1.82, 2.24) is 10.2 Å². The summed E-state index contributed by atoms with van der Waals surface area (Å²) in [6.07, 6.45) is 2.08. The van der Waals surface area contributed by atoms with E-state index < -0.39 is 0 Å². The molecule has 4 heteroatoms. The Morgan fingerprint density at radius 2 is 2.31 bits per heavy atom. The summed E-state index contributed by atoms with van der Waals surface area (Å²) in [4.78, 5) is 13.7. The molecule has 0 spiro atoms. The van der Waals surface area contributed by atoms with Crippen LogP contribution in [0.5, 0.6) is 0 Å². The van der Waals surface area contributed by atoms with Gasteiger partial charge in [0.1, 0.15) is 6.04 Å². The van der Waals surface area contributed by atoms with Gasteiger partial charge >= 0.3 is 5.97 Å². The fraction of sp³-hybridized carbons (Fsp3) is 0.889. The fourth-order valence-corrected chi connectivity index (χ4v) is 2.12. The minimum atomic E-state index is -0.0654. The van der Waals surface area contributed by atoms with E-state index in [4.69, 9.17) is 4.74 Å². The van der Waals surface area contributed by atoms with Gasteiger partial charge in [-0.1, -0.05) is 0 Å². The van der Waals surface area contributed by atoms with E-state index in [2.05, 4.69) is 10.2 Å². The molecule has 1 atom stereocenters. The third kappa shape index (κ3) is 1.56. The highest BCUT2D eigenvalue weighted by Crippen LogP contribution is 2.22. The van der Waals surface area contributed by atoms with Crippen molar-refractivity contribution in [2.24, 2.45) is 0 Å². The summed E-state index contributed by atoms with van der Waals surface area (Å²) in [5, 5.41) is 3.22. The van der Waals surface area contributed by atoms with E-state index in [1.54, 1.807) is 0 Å². The number of methoxy groups -OCH3 is 1. The van der Waals surface area contributed by atoms with Crippen molar-refractivity contribution in [1.29, 1.82) is 0 Å². The maximum atomic E-state index is 11.4. The number of hydrogen-bond donors (Lipinski definition) is 1. The van der Waals surface area contributed by atoms with E-state index in [-0.39, 0.29) is 12.0 Å². The Morgan fingerprint density at radius 3 is 2.85 bits per heavy atom. The van der Waals surface area contributed by atoms with Crippen molar-refractivity contribution in [3.05, 3.63) is 0 Å². The molecule has 0 aromatic rings.